The number of pyridine rings is 1. The quantitative estimate of drug-likeness (QED) is 0.460. The number of carboxylic acids is 1. The summed E-state index contributed by atoms with van der Waals surface area (Å²) in [5.41, 5.74) is 4.23. The maximum absolute atomic E-state index is 14.1. The minimum atomic E-state index is -5.10. The number of nitrogens with two attached hydrogens (primary N) is 1. The molecule has 4 N–H and O–H groups in total. The first-order chi connectivity index (χ1) is 16.3. The van der Waals surface area contributed by atoms with Crippen LogP contribution in [-0.2, 0) is 16.1 Å². The van der Waals surface area contributed by atoms with Crippen LogP contribution in [0, 0.1) is 5.82 Å². The summed E-state index contributed by atoms with van der Waals surface area (Å²) in [4.78, 5) is 52.3. The molecule has 2 atom stereocenters. The van der Waals surface area contributed by atoms with Crippen LogP contribution in [-0.4, -0.2) is 50.9 Å². The monoisotopic (exact) mass is 516 g/mol. The highest BCUT2D eigenvalue weighted by molar-refractivity contribution is 6.30. The molecule has 2 heterocycles. The largest absolute Gasteiger partial charge is 0.481 e. The van der Waals surface area contributed by atoms with Crippen LogP contribution < -0.4 is 11.1 Å². The van der Waals surface area contributed by atoms with Crippen LogP contribution in [0.5, 0.6) is 0 Å². The zero-order chi connectivity index (χ0) is 26.1. The molecule has 1 unspecified atom stereocenters. The summed E-state index contributed by atoms with van der Waals surface area (Å²) in [5.74, 6) is -5.38. The molecule has 3 rings (SSSR count). The van der Waals surface area contributed by atoms with Gasteiger partial charge in [0.1, 0.15) is 17.6 Å². The Kier molecular flexibility index (Phi) is 7.29. The number of carbonyl (C=O) groups is 4. The first kappa shape index (κ1) is 25.9. The average Bonchev–Trinajstić information content (AvgIpc) is 3.07. The Balaban J connectivity index is 1.85. The smallest absolute Gasteiger partial charge is 0.414 e. The number of halogens is 5. The van der Waals surface area contributed by atoms with E-state index in [-0.39, 0.29) is 34.7 Å². The van der Waals surface area contributed by atoms with Crippen molar-refractivity contribution in [1.29, 1.82) is 0 Å². The van der Waals surface area contributed by atoms with Gasteiger partial charge in [-0.25, -0.2) is 4.39 Å². The molecule has 1 aromatic heterocycles. The molecule has 0 bridgehead atoms. The van der Waals surface area contributed by atoms with Gasteiger partial charge in [-0.3, -0.25) is 24.2 Å². The first-order valence-electron chi connectivity index (χ1n) is 9.93. The maximum Gasteiger partial charge on any atom is 0.414 e. The molecule has 1 aliphatic rings. The van der Waals surface area contributed by atoms with Crippen LogP contribution in [0.4, 0.5) is 17.6 Å². The normalized spacial score (nSPS) is 14.9. The third-order valence-corrected chi connectivity index (χ3v) is 5.45. The molecule has 1 aliphatic heterocycles. The molecule has 0 aliphatic carbocycles. The highest BCUT2D eigenvalue weighted by Crippen LogP contribution is 2.34. The number of aromatic nitrogens is 1. The SMILES string of the molecule is NC(=O)C(CCC(=O)O)N1Cc2cc(C(=O)N[C@H](c3ncc(Cl)cc3F)C(F)(F)F)ccc2C1=O. The average molecular weight is 517 g/mol. The number of carboxylic acid groups (broad SMARTS) is 1. The van der Waals surface area contributed by atoms with Gasteiger partial charge >= 0.3 is 12.1 Å². The molecule has 0 saturated carbocycles. The minimum absolute atomic E-state index is 0.0703. The molecule has 14 heteroatoms. The Bertz CT molecular complexity index is 1210. The number of benzene rings is 1. The third kappa shape index (κ3) is 5.67. The molecule has 9 nitrogen and oxygen atoms in total. The van der Waals surface area contributed by atoms with E-state index in [2.05, 4.69) is 4.98 Å². The summed E-state index contributed by atoms with van der Waals surface area (Å²) < 4.78 is 54.8. The van der Waals surface area contributed by atoms with Crippen LogP contribution >= 0.6 is 11.6 Å². The Morgan fingerprint density at radius 2 is 1.94 bits per heavy atom. The molecule has 1 aromatic carbocycles. The second-order valence-corrected chi connectivity index (χ2v) is 8.06. The molecule has 186 valence electrons. The topological polar surface area (TPSA) is 143 Å². The fraction of sp³-hybridized carbons (Fsp3) is 0.286. The van der Waals surface area contributed by atoms with E-state index in [0.717, 1.165) is 23.2 Å². The number of carbonyl (C=O) groups excluding carboxylic acids is 3. The summed E-state index contributed by atoms with van der Waals surface area (Å²) in [5, 5.41) is 10.3. The summed E-state index contributed by atoms with van der Waals surface area (Å²) >= 11 is 5.53. The molecule has 3 amide bonds. The molecule has 35 heavy (non-hydrogen) atoms. The summed E-state index contributed by atoms with van der Waals surface area (Å²) in [6.45, 7) is -0.224. The Morgan fingerprint density at radius 1 is 1.26 bits per heavy atom. The number of nitrogens with zero attached hydrogens (tertiary/aromatic N) is 2. The minimum Gasteiger partial charge on any atom is -0.481 e. The van der Waals surface area contributed by atoms with Crippen molar-refractivity contribution in [2.24, 2.45) is 5.73 Å². The van der Waals surface area contributed by atoms with Crippen molar-refractivity contribution in [2.75, 3.05) is 0 Å². The van der Waals surface area contributed by atoms with E-state index in [1.807, 2.05) is 0 Å². The summed E-state index contributed by atoms with van der Waals surface area (Å²) in [6.07, 6.45) is -4.97. The number of nitrogens with one attached hydrogen (secondary N) is 1. The van der Waals surface area contributed by atoms with Gasteiger partial charge in [0.25, 0.3) is 11.8 Å². The van der Waals surface area contributed by atoms with E-state index in [1.165, 1.54) is 6.07 Å². The van der Waals surface area contributed by atoms with E-state index < -0.39 is 59.9 Å². The van der Waals surface area contributed by atoms with Crippen molar-refractivity contribution >= 4 is 35.3 Å². The molecule has 0 fully saturated rings. The predicted molar refractivity (Wildman–Crippen MR) is 112 cm³/mol. The van der Waals surface area contributed by atoms with E-state index in [9.17, 15) is 36.7 Å². The number of hydrogen-bond acceptors (Lipinski definition) is 5. The molecular formula is C21H17ClF4N4O5. The number of alkyl halides is 3. The fourth-order valence-electron chi connectivity index (χ4n) is 3.61. The van der Waals surface area contributed by atoms with Gasteiger partial charge < -0.3 is 21.1 Å². The van der Waals surface area contributed by atoms with Crippen LogP contribution in [0.3, 0.4) is 0 Å². The Labute approximate surface area is 199 Å². The van der Waals surface area contributed by atoms with Gasteiger partial charge in [-0.1, -0.05) is 11.6 Å². The zero-order valence-electron chi connectivity index (χ0n) is 17.6. The van der Waals surface area contributed by atoms with Gasteiger partial charge in [0, 0.05) is 30.3 Å². The lowest BCUT2D eigenvalue weighted by molar-refractivity contribution is -0.156. The number of amides is 3. The zero-order valence-corrected chi connectivity index (χ0v) is 18.4. The highest BCUT2D eigenvalue weighted by Gasteiger charge is 2.45. The second kappa shape index (κ2) is 9.86. The molecule has 0 saturated heterocycles. The lowest BCUT2D eigenvalue weighted by Crippen LogP contribution is -2.45. The van der Waals surface area contributed by atoms with Gasteiger partial charge in [0.15, 0.2) is 6.04 Å². The van der Waals surface area contributed by atoms with Crippen LogP contribution in [0.25, 0.3) is 0 Å². The molecular weight excluding hydrogens is 500 g/mol. The number of hydrogen-bond donors (Lipinski definition) is 3. The van der Waals surface area contributed by atoms with Gasteiger partial charge in [-0.15, -0.1) is 0 Å². The fourth-order valence-corrected chi connectivity index (χ4v) is 3.75. The number of aliphatic carboxylic acids is 1. The van der Waals surface area contributed by atoms with Gasteiger partial charge in [-0.05, 0) is 36.2 Å². The van der Waals surface area contributed by atoms with Gasteiger partial charge in [0.05, 0.1) is 5.02 Å². The Morgan fingerprint density at radius 3 is 2.51 bits per heavy atom. The highest BCUT2D eigenvalue weighted by atomic mass is 35.5. The lowest BCUT2D eigenvalue weighted by Gasteiger charge is -2.24. The van der Waals surface area contributed by atoms with Gasteiger partial charge in [-0.2, -0.15) is 13.2 Å². The molecule has 2 aromatic rings. The third-order valence-electron chi connectivity index (χ3n) is 5.25. The maximum atomic E-state index is 14.1. The van der Waals surface area contributed by atoms with Crippen molar-refractivity contribution in [1.82, 2.24) is 15.2 Å². The summed E-state index contributed by atoms with van der Waals surface area (Å²) in [6, 6.07) is 0.0306. The first-order valence-corrected chi connectivity index (χ1v) is 10.3. The lowest BCUT2D eigenvalue weighted by atomic mass is 10.0. The predicted octanol–water partition coefficient (Wildman–Crippen LogP) is 2.58. The standard InChI is InChI=1S/C21H17ClF4N4O5/c22-11-6-13(23)16(28-7-11)17(21(24,25)26)29-19(34)9-1-2-12-10(5-9)8-30(20(12)35)14(18(27)33)3-4-15(31)32/h1-2,5-7,14,17H,3-4,8H2,(H2,27,33)(H,29,34)(H,31,32)/t14?,17-/m1/s1. The van der Waals surface area contributed by atoms with Crippen LogP contribution in [0.1, 0.15) is 50.9 Å². The van der Waals surface area contributed by atoms with Crippen molar-refractivity contribution in [2.45, 2.75) is 37.6 Å². The number of rotatable bonds is 8. The number of fused-ring (bicyclic) bond motifs is 1. The van der Waals surface area contributed by atoms with E-state index >= 15 is 0 Å². The van der Waals surface area contributed by atoms with Crippen molar-refractivity contribution in [3.8, 4) is 0 Å². The van der Waals surface area contributed by atoms with Crippen LogP contribution in [0.2, 0.25) is 5.02 Å². The number of primary amides is 1. The Hall–Kier alpha value is -3.74. The van der Waals surface area contributed by atoms with Crippen molar-refractivity contribution in [3.63, 3.8) is 0 Å². The second-order valence-electron chi connectivity index (χ2n) is 7.62. The van der Waals surface area contributed by atoms with E-state index in [4.69, 9.17) is 22.4 Å². The van der Waals surface area contributed by atoms with E-state index in [0.29, 0.717) is 6.07 Å². The molecule has 0 spiro atoms. The summed E-state index contributed by atoms with van der Waals surface area (Å²) in [7, 11) is 0. The van der Waals surface area contributed by atoms with E-state index in [1.54, 1.807) is 5.32 Å². The van der Waals surface area contributed by atoms with Crippen molar-refractivity contribution < 1.29 is 41.8 Å². The van der Waals surface area contributed by atoms with Gasteiger partial charge in [0.2, 0.25) is 5.91 Å². The molecule has 0 radical (unpaired) electrons. The van der Waals surface area contributed by atoms with Crippen molar-refractivity contribution in [3.05, 3.63) is 63.7 Å². The van der Waals surface area contributed by atoms with Crippen LogP contribution in [0.15, 0.2) is 30.5 Å².